The Balaban J connectivity index is 0.00000127. The van der Waals surface area contributed by atoms with Gasteiger partial charge in [-0.05, 0) is 27.7 Å². The zero-order chi connectivity index (χ0) is 17.9. The highest BCUT2D eigenvalue weighted by atomic mass is 19.4. The largest absolute Gasteiger partial charge is 0.498 e. The topological polar surface area (TPSA) is 53.5 Å². The average molecular weight is 334 g/mol. The van der Waals surface area contributed by atoms with E-state index >= 15 is 0 Å². The van der Waals surface area contributed by atoms with Crippen LogP contribution in [0.25, 0.3) is 0 Å². The van der Waals surface area contributed by atoms with Crippen LogP contribution in [0.5, 0.6) is 6.01 Å². The number of halogens is 3. The minimum Gasteiger partial charge on any atom is -0.454 e. The molecule has 1 aliphatic rings. The molecular weight excluding hydrogens is 312 g/mol. The van der Waals surface area contributed by atoms with Gasteiger partial charge in [-0.25, -0.2) is 9.97 Å². The molecule has 0 saturated carbocycles. The maximum Gasteiger partial charge on any atom is 0.498 e. The fourth-order valence-corrected chi connectivity index (χ4v) is 1.65. The first-order valence-electron chi connectivity index (χ1n) is 7.37. The van der Waals surface area contributed by atoms with Gasteiger partial charge in [-0.3, -0.25) is 0 Å². The third-order valence-corrected chi connectivity index (χ3v) is 3.54. The molecule has 5 nitrogen and oxygen atoms in total. The van der Waals surface area contributed by atoms with Crippen LogP contribution in [0.4, 0.5) is 13.2 Å². The summed E-state index contributed by atoms with van der Waals surface area (Å²) >= 11 is 0. The maximum atomic E-state index is 12.0. The molecule has 1 saturated heterocycles. The molecule has 1 aromatic rings. The summed E-state index contributed by atoms with van der Waals surface area (Å²) < 4.78 is 52.1. The predicted octanol–water partition coefficient (Wildman–Crippen LogP) is 2.74. The molecule has 130 valence electrons. The van der Waals surface area contributed by atoms with E-state index in [1.807, 2.05) is 41.5 Å². The molecule has 0 aliphatic carbocycles. The summed E-state index contributed by atoms with van der Waals surface area (Å²) in [6, 6.07) is -0.340. The van der Waals surface area contributed by atoms with Crippen LogP contribution in [-0.4, -0.2) is 41.1 Å². The molecule has 2 heterocycles. The lowest BCUT2D eigenvalue weighted by Crippen LogP contribution is -2.41. The van der Waals surface area contributed by atoms with Gasteiger partial charge in [-0.2, -0.15) is 13.2 Å². The number of ether oxygens (including phenoxy) is 1. The average Bonchev–Trinajstić information content (AvgIpc) is 2.67. The molecule has 0 spiro atoms. The number of alkyl halides is 3. The van der Waals surface area contributed by atoms with Crippen LogP contribution in [-0.2, 0) is 9.31 Å². The van der Waals surface area contributed by atoms with E-state index in [4.69, 9.17) is 9.31 Å². The zero-order valence-electron chi connectivity index (χ0n) is 14.2. The Morgan fingerprint density at radius 1 is 1.04 bits per heavy atom. The van der Waals surface area contributed by atoms with Crippen LogP contribution in [0.1, 0.15) is 41.5 Å². The molecule has 0 atom stereocenters. The first kappa shape index (κ1) is 19.7. The molecule has 0 bridgehead atoms. The third kappa shape index (κ3) is 5.07. The van der Waals surface area contributed by atoms with Crippen LogP contribution in [0.2, 0.25) is 0 Å². The van der Waals surface area contributed by atoms with Gasteiger partial charge in [0.05, 0.1) is 11.2 Å². The van der Waals surface area contributed by atoms with E-state index < -0.39 is 31.1 Å². The van der Waals surface area contributed by atoms with Gasteiger partial charge in [0.15, 0.2) is 6.61 Å². The van der Waals surface area contributed by atoms with Crippen molar-refractivity contribution in [3.63, 3.8) is 0 Å². The van der Waals surface area contributed by atoms with E-state index in [1.165, 1.54) is 12.4 Å². The number of hydrogen-bond donors (Lipinski definition) is 0. The lowest BCUT2D eigenvalue weighted by atomic mass is 9.81. The Kier molecular flexibility index (Phi) is 6.03. The van der Waals surface area contributed by atoms with Crippen molar-refractivity contribution in [2.24, 2.45) is 0 Å². The second-order valence-electron chi connectivity index (χ2n) is 5.79. The highest BCUT2D eigenvalue weighted by Crippen LogP contribution is 2.36. The van der Waals surface area contributed by atoms with Gasteiger partial charge < -0.3 is 14.0 Å². The van der Waals surface area contributed by atoms with Crippen LogP contribution >= 0.6 is 0 Å². The summed E-state index contributed by atoms with van der Waals surface area (Å²) in [4.78, 5) is 7.46. The Bertz CT molecular complexity index is 491. The molecule has 1 fully saturated rings. The molecule has 1 aliphatic heterocycles. The molecule has 2 rings (SSSR count). The van der Waals surface area contributed by atoms with Crippen LogP contribution in [0, 0.1) is 0 Å². The van der Waals surface area contributed by atoms with E-state index in [0.717, 1.165) is 0 Å². The monoisotopic (exact) mass is 334 g/mol. The van der Waals surface area contributed by atoms with Gasteiger partial charge in [0.1, 0.15) is 0 Å². The molecular formula is C14H22BF3N2O3. The molecule has 1 aromatic heterocycles. The minimum atomic E-state index is -4.42. The summed E-state index contributed by atoms with van der Waals surface area (Å²) in [5, 5.41) is 0. The normalized spacial score (nSPS) is 19.1. The van der Waals surface area contributed by atoms with Crippen molar-refractivity contribution in [3.05, 3.63) is 12.4 Å². The second kappa shape index (κ2) is 7.04. The summed E-state index contributed by atoms with van der Waals surface area (Å²) in [6.07, 6.45) is -1.75. The smallest absolute Gasteiger partial charge is 0.454 e. The number of hydrogen-bond acceptors (Lipinski definition) is 5. The van der Waals surface area contributed by atoms with Crippen LogP contribution < -0.4 is 10.2 Å². The van der Waals surface area contributed by atoms with Crippen LogP contribution in [0.15, 0.2) is 12.4 Å². The van der Waals surface area contributed by atoms with Crippen molar-refractivity contribution in [2.45, 2.75) is 58.9 Å². The lowest BCUT2D eigenvalue weighted by molar-refractivity contribution is -0.154. The fraction of sp³-hybridized carbons (Fsp3) is 0.714. The second-order valence-corrected chi connectivity index (χ2v) is 5.79. The standard InChI is InChI=1S/C12H16BF3N2O3.C2H6/c1-10(2)11(3,4)21-13(20-10)8-5-17-9(18-6-8)19-7-12(14,15)16;1-2/h5-6H,7H2,1-4H3;1-2H3. The molecule has 0 unspecified atom stereocenters. The van der Waals surface area contributed by atoms with E-state index in [0.29, 0.717) is 5.46 Å². The summed E-state index contributed by atoms with van der Waals surface area (Å²) in [5.74, 6) is 0. The Morgan fingerprint density at radius 3 is 1.87 bits per heavy atom. The van der Waals surface area contributed by atoms with E-state index in [1.54, 1.807) is 0 Å². The highest BCUT2D eigenvalue weighted by molar-refractivity contribution is 6.61. The minimum absolute atomic E-state index is 0.340. The molecule has 0 N–H and O–H groups in total. The van der Waals surface area contributed by atoms with Gasteiger partial charge in [-0.1, -0.05) is 13.8 Å². The van der Waals surface area contributed by atoms with E-state index in [9.17, 15) is 13.2 Å². The first-order chi connectivity index (χ1) is 10.5. The molecule has 0 radical (unpaired) electrons. The van der Waals surface area contributed by atoms with Crippen molar-refractivity contribution >= 4 is 12.6 Å². The molecule has 23 heavy (non-hydrogen) atoms. The maximum absolute atomic E-state index is 12.0. The van der Waals surface area contributed by atoms with Crippen molar-refractivity contribution in [3.8, 4) is 6.01 Å². The van der Waals surface area contributed by atoms with Crippen molar-refractivity contribution < 1.29 is 27.2 Å². The number of nitrogens with zero attached hydrogens (tertiary/aromatic N) is 2. The third-order valence-electron chi connectivity index (χ3n) is 3.54. The number of rotatable bonds is 3. The zero-order valence-corrected chi connectivity index (χ0v) is 14.2. The SMILES string of the molecule is CC.CC1(C)OB(c2cnc(OCC(F)(F)F)nc2)OC1(C)C. The molecule has 9 heteroatoms. The van der Waals surface area contributed by atoms with E-state index in [2.05, 4.69) is 14.7 Å². The first-order valence-corrected chi connectivity index (χ1v) is 7.37. The Hall–Kier alpha value is -1.35. The highest BCUT2D eigenvalue weighted by Gasteiger charge is 2.51. The molecule has 0 aromatic carbocycles. The summed E-state index contributed by atoms with van der Waals surface area (Å²) in [5.41, 5.74) is -0.500. The van der Waals surface area contributed by atoms with Crippen molar-refractivity contribution in [2.75, 3.05) is 6.61 Å². The van der Waals surface area contributed by atoms with Gasteiger partial charge in [-0.15, -0.1) is 0 Å². The van der Waals surface area contributed by atoms with Gasteiger partial charge in [0.2, 0.25) is 0 Å². The van der Waals surface area contributed by atoms with Gasteiger partial charge >= 0.3 is 19.3 Å². The van der Waals surface area contributed by atoms with Crippen LogP contribution in [0.3, 0.4) is 0 Å². The number of aromatic nitrogens is 2. The van der Waals surface area contributed by atoms with Crippen molar-refractivity contribution in [1.82, 2.24) is 9.97 Å². The Morgan fingerprint density at radius 2 is 1.48 bits per heavy atom. The summed E-state index contributed by atoms with van der Waals surface area (Å²) in [6.45, 7) is 10.2. The fourth-order valence-electron chi connectivity index (χ4n) is 1.65. The lowest BCUT2D eigenvalue weighted by Gasteiger charge is -2.32. The molecule has 0 amide bonds. The Labute approximate surface area is 134 Å². The van der Waals surface area contributed by atoms with Gasteiger partial charge in [0.25, 0.3) is 0 Å². The summed E-state index contributed by atoms with van der Waals surface area (Å²) in [7, 11) is -0.660. The predicted molar refractivity (Wildman–Crippen MR) is 80.6 cm³/mol. The van der Waals surface area contributed by atoms with Gasteiger partial charge in [0, 0.05) is 17.9 Å². The van der Waals surface area contributed by atoms with Crippen molar-refractivity contribution in [1.29, 1.82) is 0 Å². The van der Waals surface area contributed by atoms with E-state index in [-0.39, 0.29) is 6.01 Å². The quantitative estimate of drug-likeness (QED) is 0.796.